The molecule has 1 aromatic heterocycles. The molecule has 0 bridgehead atoms. The smallest absolute Gasteiger partial charge is 0.344 e. The Morgan fingerprint density at radius 3 is 2.50 bits per heavy atom. The molecule has 0 aliphatic heterocycles. The van der Waals surface area contributed by atoms with E-state index in [-0.39, 0.29) is 31.2 Å². The van der Waals surface area contributed by atoms with Crippen LogP contribution >= 0.6 is 0 Å². The molecule has 174 valence electrons. The highest BCUT2D eigenvalue weighted by molar-refractivity contribution is 5.97. The fourth-order valence-electron chi connectivity index (χ4n) is 3.08. The molecule has 0 saturated carbocycles. The van der Waals surface area contributed by atoms with Crippen molar-refractivity contribution in [3.05, 3.63) is 50.7 Å². The van der Waals surface area contributed by atoms with Crippen LogP contribution in [0.5, 0.6) is 5.75 Å². The molecule has 0 saturated heterocycles. The van der Waals surface area contributed by atoms with E-state index in [4.69, 9.17) is 15.2 Å². The third kappa shape index (κ3) is 6.22. The fraction of sp³-hybridized carbons (Fsp3) is 0.455. The second kappa shape index (κ2) is 11.7. The molecule has 2 rings (SSSR count). The van der Waals surface area contributed by atoms with Gasteiger partial charge in [-0.1, -0.05) is 38.5 Å². The lowest BCUT2D eigenvalue weighted by Crippen LogP contribution is -2.43. The van der Waals surface area contributed by atoms with Crippen LogP contribution in [0.25, 0.3) is 0 Å². The average molecular weight is 447 g/mol. The number of nitrogens with two attached hydrogens (primary N) is 1. The Balaban J connectivity index is 2.14. The minimum Gasteiger partial charge on any atom is -0.482 e. The number of hydrogen-bond acceptors (Lipinski definition) is 7. The number of aromatic nitrogens is 2. The number of carbonyl (C=O) groups is 2. The molecule has 1 amide bonds. The summed E-state index contributed by atoms with van der Waals surface area (Å²) in [6.07, 6.45) is 1.94. The zero-order valence-corrected chi connectivity index (χ0v) is 18.7. The highest BCUT2D eigenvalue weighted by Crippen LogP contribution is 2.18. The number of ether oxygens (including phenoxy) is 2. The van der Waals surface area contributed by atoms with Crippen LogP contribution in [0.2, 0.25) is 0 Å². The first kappa shape index (κ1) is 24.7. The summed E-state index contributed by atoms with van der Waals surface area (Å²) in [6.45, 7) is 5.14. The minimum atomic E-state index is -0.765. The van der Waals surface area contributed by atoms with Gasteiger partial charge in [-0.15, -0.1) is 0 Å². The van der Waals surface area contributed by atoms with Crippen LogP contribution < -0.4 is 26.6 Å². The monoisotopic (exact) mass is 446 g/mol. The topological polar surface area (TPSA) is 137 Å². The number of hydrogen-bond donors (Lipinski definition) is 2. The number of benzene rings is 1. The van der Waals surface area contributed by atoms with E-state index in [1.54, 1.807) is 12.1 Å². The Bertz CT molecular complexity index is 1060. The molecule has 2 aromatic rings. The van der Waals surface area contributed by atoms with E-state index in [1.807, 2.05) is 32.9 Å². The van der Waals surface area contributed by atoms with Crippen molar-refractivity contribution in [1.29, 1.82) is 0 Å². The van der Waals surface area contributed by atoms with Gasteiger partial charge in [0.2, 0.25) is 0 Å². The molecule has 0 fully saturated rings. The van der Waals surface area contributed by atoms with Crippen LogP contribution in [-0.2, 0) is 20.9 Å². The lowest BCUT2D eigenvalue weighted by molar-refractivity contribution is -0.149. The highest BCUT2D eigenvalue weighted by Gasteiger charge is 2.24. The van der Waals surface area contributed by atoms with Crippen LogP contribution in [0, 0.1) is 6.92 Å². The van der Waals surface area contributed by atoms with Crippen molar-refractivity contribution in [1.82, 2.24) is 9.55 Å². The summed E-state index contributed by atoms with van der Waals surface area (Å²) in [7, 11) is 0. The van der Waals surface area contributed by atoms with E-state index >= 15 is 0 Å². The largest absolute Gasteiger partial charge is 0.482 e. The number of para-hydroxylation sites is 1. The molecular formula is C22H30N4O6. The summed E-state index contributed by atoms with van der Waals surface area (Å²) in [4.78, 5) is 52.9. The Kier molecular flexibility index (Phi) is 9.06. The number of amides is 1. The maximum absolute atomic E-state index is 12.9. The lowest BCUT2D eigenvalue weighted by Gasteiger charge is -2.24. The number of esters is 1. The van der Waals surface area contributed by atoms with Crippen LogP contribution in [-0.4, -0.2) is 41.2 Å². The van der Waals surface area contributed by atoms with Crippen LogP contribution in [0.3, 0.4) is 0 Å². The van der Waals surface area contributed by atoms with Crippen LogP contribution in [0.15, 0.2) is 33.9 Å². The van der Waals surface area contributed by atoms with Crippen LogP contribution in [0.1, 0.15) is 38.7 Å². The molecule has 1 aromatic carbocycles. The lowest BCUT2D eigenvalue weighted by atomic mass is 10.2. The molecule has 0 aliphatic rings. The molecule has 0 radical (unpaired) electrons. The van der Waals surface area contributed by atoms with Gasteiger partial charge in [-0.2, -0.15) is 0 Å². The number of aryl methyl sites for hydroxylation is 1. The van der Waals surface area contributed by atoms with E-state index in [0.717, 1.165) is 12.0 Å². The molecule has 0 unspecified atom stereocenters. The second-order valence-corrected chi connectivity index (χ2v) is 7.26. The van der Waals surface area contributed by atoms with Crippen molar-refractivity contribution in [2.24, 2.45) is 0 Å². The summed E-state index contributed by atoms with van der Waals surface area (Å²) in [5.41, 5.74) is 5.42. The maximum atomic E-state index is 12.9. The van der Waals surface area contributed by atoms with Gasteiger partial charge in [0.25, 0.3) is 11.5 Å². The van der Waals surface area contributed by atoms with E-state index in [0.29, 0.717) is 18.6 Å². The number of carbonyl (C=O) groups excluding carboxylic acids is 2. The van der Waals surface area contributed by atoms with Crippen molar-refractivity contribution in [3.8, 4) is 5.75 Å². The van der Waals surface area contributed by atoms with Crippen molar-refractivity contribution < 1.29 is 19.1 Å². The Hall–Kier alpha value is -3.56. The zero-order chi connectivity index (χ0) is 23.7. The van der Waals surface area contributed by atoms with Crippen molar-refractivity contribution in [3.63, 3.8) is 0 Å². The third-order valence-corrected chi connectivity index (χ3v) is 4.76. The number of aromatic amines is 1. The molecule has 32 heavy (non-hydrogen) atoms. The molecule has 1 heterocycles. The Morgan fingerprint density at radius 1 is 1.12 bits per heavy atom. The number of nitrogens with one attached hydrogen (secondary N) is 1. The van der Waals surface area contributed by atoms with E-state index in [1.165, 1.54) is 9.47 Å². The van der Waals surface area contributed by atoms with Gasteiger partial charge in [-0.05, 0) is 31.4 Å². The summed E-state index contributed by atoms with van der Waals surface area (Å²) in [5.74, 6) is -0.909. The quantitative estimate of drug-likeness (QED) is 0.500. The number of unbranched alkanes of at least 4 members (excludes halogenated alkanes) is 1. The van der Waals surface area contributed by atoms with Crippen molar-refractivity contribution in [2.75, 3.05) is 30.4 Å². The van der Waals surface area contributed by atoms with Gasteiger partial charge < -0.3 is 20.1 Å². The minimum absolute atomic E-state index is 0.0979. The molecule has 10 nitrogen and oxygen atoms in total. The summed E-state index contributed by atoms with van der Waals surface area (Å²) in [6, 6.07) is 7.19. The van der Waals surface area contributed by atoms with Gasteiger partial charge in [0.1, 0.15) is 11.6 Å². The van der Waals surface area contributed by atoms with Gasteiger partial charge in [0.05, 0.1) is 0 Å². The molecule has 0 atom stereocenters. The van der Waals surface area contributed by atoms with Crippen molar-refractivity contribution >= 4 is 23.4 Å². The first-order valence-corrected chi connectivity index (χ1v) is 10.6. The first-order chi connectivity index (χ1) is 15.3. The number of nitrogens with zero attached hydrogens (tertiary/aromatic N) is 2. The third-order valence-electron chi connectivity index (χ3n) is 4.76. The number of anilines is 2. The highest BCUT2D eigenvalue weighted by atomic mass is 16.6. The Labute approximate surface area is 185 Å². The van der Waals surface area contributed by atoms with Gasteiger partial charge in [-0.3, -0.25) is 19.1 Å². The Morgan fingerprint density at radius 2 is 1.84 bits per heavy atom. The van der Waals surface area contributed by atoms with E-state index < -0.39 is 29.7 Å². The first-order valence-electron chi connectivity index (χ1n) is 10.6. The zero-order valence-electron chi connectivity index (χ0n) is 18.7. The normalized spacial score (nSPS) is 10.6. The fourth-order valence-corrected chi connectivity index (χ4v) is 3.08. The van der Waals surface area contributed by atoms with Gasteiger partial charge in [0.15, 0.2) is 18.9 Å². The molecule has 3 N–H and O–H groups in total. The summed E-state index contributed by atoms with van der Waals surface area (Å²) >= 11 is 0. The summed E-state index contributed by atoms with van der Waals surface area (Å²) in [5, 5.41) is 0. The molecule has 10 heteroatoms. The van der Waals surface area contributed by atoms with Gasteiger partial charge in [0, 0.05) is 13.1 Å². The summed E-state index contributed by atoms with van der Waals surface area (Å²) < 4.78 is 11.7. The van der Waals surface area contributed by atoms with Crippen molar-refractivity contribution in [2.45, 2.75) is 46.6 Å². The van der Waals surface area contributed by atoms with Crippen LogP contribution in [0.4, 0.5) is 11.5 Å². The molecule has 0 spiro atoms. The standard InChI is InChI=1S/C22H30N4O6/c1-4-6-12-25(19-20(23)26(11-5-2)22(30)24-21(19)29)17(27)13-32-18(28)14-31-16-10-8-7-9-15(16)3/h7-10H,4-6,11-14,23H2,1-3H3,(H,24,29,30). The van der Waals surface area contributed by atoms with E-state index in [9.17, 15) is 19.2 Å². The van der Waals surface area contributed by atoms with E-state index in [2.05, 4.69) is 4.98 Å². The number of H-pyrrole nitrogens is 1. The average Bonchev–Trinajstić information content (AvgIpc) is 2.76. The SMILES string of the molecule is CCCCN(C(=O)COC(=O)COc1ccccc1C)c1c(N)n(CCC)c(=O)[nH]c1=O. The number of nitrogen functional groups attached to an aromatic ring is 1. The second-order valence-electron chi connectivity index (χ2n) is 7.26. The van der Waals surface area contributed by atoms with Gasteiger partial charge in [-0.25, -0.2) is 9.59 Å². The maximum Gasteiger partial charge on any atom is 0.344 e. The predicted octanol–water partition coefficient (Wildman–Crippen LogP) is 1.59. The van der Waals surface area contributed by atoms with Gasteiger partial charge >= 0.3 is 11.7 Å². The number of rotatable bonds is 11. The molecular weight excluding hydrogens is 416 g/mol. The molecule has 0 aliphatic carbocycles. The predicted molar refractivity (Wildman–Crippen MR) is 121 cm³/mol.